The number of hydrogen-bond acceptors (Lipinski definition) is 3. The fourth-order valence-corrected chi connectivity index (χ4v) is 1.16. The van der Waals surface area contributed by atoms with Gasteiger partial charge in [0.05, 0.1) is 6.61 Å². The first kappa shape index (κ1) is 14.9. The molecule has 0 fully saturated rings. The quantitative estimate of drug-likeness (QED) is 0.508. The van der Waals surface area contributed by atoms with Crippen molar-refractivity contribution < 1.29 is 9.47 Å². The zero-order valence-electron chi connectivity index (χ0n) is 10.4. The number of nitrogens with one attached hydrogen (secondary N) is 1. The van der Waals surface area contributed by atoms with Crippen LogP contribution in [0.2, 0.25) is 0 Å². The molecule has 0 aromatic carbocycles. The van der Waals surface area contributed by atoms with E-state index in [4.69, 9.17) is 9.47 Å². The lowest BCUT2D eigenvalue weighted by Crippen LogP contribution is -2.22. The van der Waals surface area contributed by atoms with E-state index in [0.717, 1.165) is 52.4 Å². The Hall–Kier alpha value is -0.120. The van der Waals surface area contributed by atoms with Crippen molar-refractivity contribution in [2.75, 3.05) is 39.5 Å². The Bertz CT molecular complexity index is 97.8. The highest BCUT2D eigenvalue weighted by atomic mass is 16.5. The molecule has 0 aromatic heterocycles. The average molecular weight is 217 g/mol. The van der Waals surface area contributed by atoms with Gasteiger partial charge in [-0.1, -0.05) is 20.3 Å². The van der Waals surface area contributed by atoms with E-state index in [9.17, 15) is 0 Å². The van der Waals surface area contributed by atoms with Gasteiger partial charge in [0.2, 0.25) is 0 Å². The molecule has 0 saturated heterocycles. The van der Waals surface area contributed by atoms with Crippen LogP contribution in [0.3, 0.4) is 0 Å². The molecule has 0 aromatic rings. The van der Waals surface area contributed by atoms with Crippen LogP contribution >= 0.6 is 0 Å². The second-order valence-corrected chi connectivity index (χ2v) is 3.68. The molecule has 0 aliphatic rings. The molecule has 0 aliphatic heterocycles. The van der Waals surface area contributed by atoms with Gasteiger partial charge >= 0.3 is 0 Å². The summed E-state index contributed by atoms with van der Waals surface area (Å²) in [5, 5.41) is 3.33. The topological polar surface area (TPSA) is 30.5 Å². The van der Waals surface area contributed by atoms with E-state index >= 15 is 0 Å². The molecular weight excluding hydrogens is 190 g/mol. The van der Waals surface area contributed by atoms with Crippen molar-refractivity contribution >= 4 is 0 Å². The first-order valence-corrected chi connectivity index (χ1v) is 6.28. The first-order valence-electron chi connectivity index (χ1n) is 6.28. The maximum Gasteiger partial charge on any atom is 0.0590 e. The zero-order valence-corrected chi connectivity index (χ0v) is 10.4. The van der Waals surface area contributed by atoms with E-state index in [0.29, 0.717) is 0 Å². The largest absolute Gasteiger partial charge is 0.381 e. The molecule has 0 aliphatic carbocycles. The minimum atomic E-state index is 0.824. The van der Waals surface area contributed by atoms with E-state index in [1.165, 1.54) is 12.8 Å². The van der Waals surface area contributed by atoms with Crippen LogP contribution in [-0.4, -0.2) is 39.5 Å². The summed E-state index contributed by atoms with van der Waals surface area (Å²) in [5.41, 5.74) is 0. The predicted molar refractivity (Wildman–Crippen MR) is 64.3 cm³/mol. The average Bonchev–Trinajstić information content (AvgIpc) is 2.26. The lowest BCUT2D eigenvalue weighted by molar-refractivity contribution is 0.123. The smallest absolute Gasteiger partial charge is 0.0590 e. The van der Waals surface area contributed by atoms with E-state index in [-0.39, 0.29) is 0 Å². The third-order valence-electron chi connectivity index (χ3n) is 2.06. The van der Waals surface area contributed by atoms with Crippen LogP contribution in [0, 0.1) is 0 Å². The van der Waals surface area contributed by atoms with Gasteiger partial charge in [0.15, 0.2) is 0 Å². The maximum atomic E-state index is 5.45. The Morgan fingerprint density at radius 3 is 2.20 bits per heavy atom. The lowest BCUT2D eigenvalue weighted by atomic mass is 10.4. The number of hydrogen-bond donors (Lipinski definition) is 1. The molecule has 0 unspecified atom stereocenters. The van der Waals surface area contributed by atoms with Crippen LogP contribution in [0.25, 0.3) is 0 Å². The van der Waals surface area contributed by atoms with Crippen LogP contribution in [0.15, 0.2) is 0 Å². The standard InChI is InChI=1S/C12H27NO2/c1-3-5-10-15-11-6-7-13-8-12-14-9-4-2/h13H,3-12H2,1-2H3. The SMILES string of the molecule is CCCCOCCCNCCOCCC. The van der Waals surface area contributed by atoms with Crippen molar-refractivity contribution in [1.29, 1.82) is 0 Å². The van der Waals surface area contributed by atoms with E-state index in [1.807, 2.05) is 0 Å². The van der Waals surface area contributed by atoms with Crippen LogP contribution in [-0.2, 0) is 9.47 Å². The molecule has 0 spiro atoms. The molecule has 1 N–H and O–H groups in total. The van der Waals surface area contributed by atoms with Crippen LogP contribution in [0.4, 0.5) is 0 Å². The van der Waals surface area contributed by atoms with E-state index < -0.39 is 0 Å². The Labute approximate surface area is 94.5 Å². The van der Waals surface area contributed by atoms with Gasteiger partial charge in [-0.3, -0.25) is 0 Å². The van der Waals surface area contributed by atoms with Crippen molar-refractivity contribution in [2.24, 2.45) is 0 Å². The molecule has 0 amide bonds. The summed E-state index contributed by atoms with van der Waals surface area (Å²) in [6, 6.07) is 0. The summed E-state index contributed by atoms with van der Waals surface area (Å²) >= 11 is 0. The van der Waals surface area contributed by atoms with Crippen LogP contribution in [0.1, 0.15) is 39.5 Å². The highest BCUT2D eigenvalue weighted by Crippen LogP contribution is 1.88. The molecule has 3 heteroatoms. The Kier molecular flexibility index (Phi) is 13.8. The maximum absolute atomic E-state index is 5.45. The predicted octanol–water partition coefficient (Wildman–Crippen LogP) is 2.21. The number of rotatable bonds is 12. The fourth-order valence-electron chi connectivity index (χ4n) is 1.16. The molecule has 0 saturated carbocycles. The number of unbranched alkanes of at least 4 members (excludes halogenated alkanes) is 1. The fraction of sp³-hybridized carbons (Fsp3) is 1.00. The van der Waals surface area contributed by atoms with Crippen molar-refractivity contribution in [3.63, 3.8) is 0 Å². The summed E-state index contributed by atoms with van der Waals surface area (Å²) < 4.78 is 10.8. The molecule has 0 atom stereocenters. The second-order valence-electron chi connectivity index (χ2n) is 3.68. The van der Waals surface area contributed by atoms with E-state index in [1.54, 1.807) is 0 Å². The molecule has 0 heterocycles. The normalized spacial score (nSPS) is 10.8. The molecular formula is C12H27NO2. The third kappa shape index (κ3) is 13.9. The lowest BCUT2D eigenvalue weighted by Gasteiger charge is -2.06. The van der Waals surface area contributed by atoms with Crippen molar-refractivity contribution in [2.45, 2.75) is 39.5 Å². The van der Waals surface area contributed by atoms with Gasteiger partial charge in [-0.25, -0.2) is 0 Å². The van der Waals surface area contributed by atoms with Gasteiger partial charge in [-0.15, -0.1) is 0 Å². The first-order chi connectivity index (χ1) is 7.41. The van der Waals surface area contributed by atoms with Gasteiger partial charge in [0.1, 0.15) is 0 Å². The monoisotopic (exact) mass is 217 g/mol. The Balaban J connectivity index is 2.81. The van der Waals surface area contributed by atoms with Gasteiger partial charge in [0, 0.05) is 26.4 Å². The second kappa shape index (κ2) is 13.9. The Morgan fingerprint density at radius 1 is 0.733 bits per heavy atom. The van der Waals surface area contributed by atoms with Crippen LogP contribution in [0.5, 0.6) is 0 Å². The molecule has 92 valence electrons. The third-order valence-corrected chi connectivity index (χ3v) is 2.06. The van der Waals surface area contributed by atoms with Gasteiger partial charge in [-0.05, 0) is 25.8 Å². The van der Waals surface area contributed by atoms with Crippen LogP contribution < -0.4 is 5.32 Å². The van der Waals surface area contributed by atoms with Gasteiger partial charge in [0.25, 0.3) is 0 Å². The summed E-state index contributed by atoms with van der Waals surface area (Å²) in [6.45, 7) is 9.78. The molecule has 0 rings (SSSR count). The minimum absolute atomic E-state index is 0.824. The van der Waals surface area contributed by atoms with Gasteiger partial charge < -0.3 is 14.8 Å². The van der Waals surface area contributed by atoms with Crippen molar-refractivity contribution in [3.05, 3.63) is 0 Å². The molecule has 0 bridgehead atoms. The summed E-state index contributed by atoms with van der Waals surface area (Å²) in [4.78, 5) is 0. The highest BCUT2D eigenvalue weighted by molar-refractivity contribution is 4.46. The van der Waals surface area contributed by atoms with Gasteiger partial charge in [-0.2, -0.15) is 0 Å². The Morgan fingerprint density at radius 2 is 1.47 bits per heavy atom. The van der Waals surface area contributed by atoms with E-state index in [2.05, 4.69) is 19.2 Å². The zero-order chi connectivity index (χ0) is 11.2. The highest BCUT2D eigenvalue weighted by Gasteiger charge is 1.90. The molecule has 3 nitrogen and oxygen atoms in total. The summed E-state index contributed by atoms with van der Waals surface area (Å²) in [5.74, 6) is 0. The summed E-state index contributed by atoms with van der Waals surface area (Å²) in [7, 11) is 0. The van der Waals surface area contributed by atoms with Crippen molar-refractivity contribution in [3.8, 4) is 0 Å². The molecule has 15 heavy (non-hydrogen) atoms. The van der Waals surface area contributed by atoms with Crippen molar-refractivity contribution in [1.82, 2.24) is 5.32 Å². The minimum Gasteiger partial charge on any atom is -0.381 e. The summed E-state index contributed by atoms with van der Waals surface area (Å²) in [6.07, 6.45) is 4.59. The molecule has 0 radical (unpaired) electrons. The number of ether oxygens (including phenoxy) is 2.